The van der Waals surface area contributed by atoms with Crippen molar-refractivity contribution in [3.63, 3.8) is 0 Å². The molecule has 70 valence electrons. The fourth-order valence-corrected chi connectivity index (χ4v) is 6.46. The molecule has 0 aromatic carbocycles. The molecule has 1 unspecified atom stereocenters. The standard InChI is InChI=1S/C10H20OSi/c1-12(2,3)10-7-5-4-6-8(11)9(7)10/h7-11H,4-6H2,1-3H3/t7-,8+,9-,10?/m0/s1. The summed E-state index contributed by atoms with van der Waals surface area (Å²) < 4.78 is 0. The molecule has 0 aromatic heterocycles. The molecular formula is C10H20OSi. The van der Waals surface area contributed by atoms with Gasteiger partial charge in [-0.3, -0.25) is 0 Å². The number of hydrogen-bond acceptors (Lipinski definition) is 1. The Kier molecular flexibility index (Phi) is 1.88. The summed E-state index contributed by atoms with van der Waals surface area (Å²) >= 11 is 0. The van der Waals surface area contributed by atoms with Gasteiger partial charge in [-0.15, -0.1) is 0 Å². The van der Waals surface area contributed by atoms with Crippen LogP contribution in [-0.4, -0.2) is 19.3 Å². The van der Waals surface area contributed by atoms with E-state index < -0.39 is 8.07 Å². The molecule has 2 heteroatoms. The second-order valence-corrected chi connectivity index (χ2v) is 11.0. The van der Waals surface area contributed by atoms with Crippen molar-refractivity contribution < 1.29 is 5.11 Å². The topological polar surface area (TPSA) is 20.2 Å². The van der Waals surface area contributed by atoms with Gasteiger partial charge in [0.15, 0.2) is 0 Å². The highest BCUT2D eigenvalue weighted by atomic mass is 28.3. The summed E-state index contributed by atoms with van der Waals surface area (Å²) in [6, 6.07) is 0. The largest absolute Gasteiger partial charge is 0.393 e. The molecule has 4 atom stereocenters. The number of rotatable bonds is 1. The summed E-state index contributed by atoms with van der Waals surface area (Å²) in [4.78, 5) is 0. The molecule has 0 aliphatic heterocycles. The Bertz CT molecular complexity index is 185. The molecule has 2 rings (SSSR count). The maximum atomic E-state index is 9.78. The maximum absolute atomic E-state index is 9.78. The van der Waals surface area contributed by atoms with E-state index in [0.717, 1.165) is 17.9 Å². The molecule has 2 saturated carbocycles. The van der Waals surface area contributed by atoms with Gasteiger partial charge in [0, 0.05) is 8.07 Å². The fraction of sp³-hybridized carbons (Fsp3) is 1.00. The second kappa shape index (κ2) is 2.58. The molecule has 0 bridgehead atoms. The first-order valence-electron chi connectivity index (χ1n) is 5.20. The summed E-state index contributed by atoms with van der Waals surface area (Å²) in [7, 11) is -0.953. The fourth-order valence-electron chi connectivity index (χ4n) is 3.27. The van der Waals surface area contributed by atoms with Crippen LogP contribution in [0.5, 0.6) is 0 Å². The van der Waals surface area contributed by atoms with Gasteiger partial charge in [-0.25, -0.2) is 0 Å². The molecule has 2 fully saturated rings. The summed E-state index contributed by atoms with van der Waals surface area (Å²) in [5, 5.41) is 9.78. The quantitative estimate of drug-likeness (QED) is 0.621. The van der Waals surface area contributed by atoms with Crippen LogP contribution >= 0.6 is 0 Å². The van der Waals surface area contributed by atoms with Gasteiger partial charge in [0.2, 0.25) is 0 Å². The van der Waals surface area contributed by atoms with Crippen LogP contribution in [0, 0.1) is 11.8 Å². The van der Waals surface area contributed by atoms with Gasteiger partial charge < -0.3 is 5.11 Å². The van der Waals surface area contributed by atoms with Crippen molar-refractivity contribution >= 4 is 8.07 Å². The van der Waals surface area contributed by atoms with Gasteiger partial charge in [0.25, 0.3) is 0 Å². The van der Waals surface area contributed by atoms with Crippen molar-refractivity contribution in [2.45, 2.75) is 50.5 Å². The monoisotopic (exact) mass is 184 g/mol. The molecular weight excluding hydrogens is 164 g/mol. The van der Waals surface area contributed by atoms with E-state index in [2.05, 4.69) is 19.6 Å². The first-order valence-corrected chi connectivity index (χ1v) is 8.77. The lowest BCUT2D eigenvalue weighted by molar-refractivity contribution is 0.116. The first kappa shape index (κ1) is 8.76. The Morgan fingerprint density at radius 1 is 1.17 bits per heavy atom. The predicted octanol–water partition coefficient (Wildman–Crippen LogP) is 2.49. The van der Waals surface area contributed by atoms with Crippen LogP contribution in [0.2, 0.25) is 25.2 Å². The normalized spacial score (nSPS) is 47.0. The molecule has 0 spiro atoms. The van der Waals surface area contributed by atoms with Crippen molar-refractivity contribution in [3.05, 3.63) is 0 Å². The lowest BCUT2D eigenvalue weighted by Gasteiger charge is -2.17. The van der Waals surface area contributed by atoms with E-state index >= 15 is 0 Å². The zero-order valence-corrected chi connectivity index (χ0v) is 9.38. The molecule has 0 aromatic rings. The van der Waals surface area contributed by atoms with Gasteiger partial charge in [0.1, 0.15) is 0 Å². The molecule has 2 aliphatic rings. The molecule has 2 aliphatic carbocycles. The zero-order valence-electron chi connectivity index (χ0n) is 8.38. The Hall–Kier alpha value is 0.177. The van der Waals surface area contributed by atoms with E-state index in [1.807, 2.05) is 0 Å². The van der Waals surface area contributed by atoms with E-state index in [0.29, 0.717) is 5.92 Å². The van der Waals surface area contributed by atoms with Crippen LogP contribution in [-0.2, 0) is 0 Å². The van der Waals surface area contributed by atoms with Crippen LogP contribution in [0.15, 0.2) is 0 Å². The van der Waals surface area contributed by atoms with Crippen molar-refractivity contribution in [3.8, 4) is 0 Å². The van der Waals surface area contributed by atoms with Gasteiger partial charge >= 0.3 is 0 Å². The Balaban J connectivity index is 2.05. The number of aliphatic hydroxyl groups excluding tert-OH is 1. The Morgan fingerprint density at radius 2 is 1.83 bits per heavy atom. The number of fused-ring (bicyclic) bond motifs is 1. The third-order valence-electron chi connectivity index (χ3n) is 3.71. The molecule has 0 heterocycles. The minimum absolute atomic E-state index is 0.0560. The van der Waals surface area contributed by atoms with Gasteiger partial charge in [-0.2, -0.15) is 0 Å². The van der Waals surface area contributed by atoms with E-state index in [1.165, 1.54) is 12.8 Å². The average molecular weight is 184 g/mol. The summed E-state index contributed by atoms with van der Waals surface area (Å²) in [6.07, 6.45) is 3.79. The Labute approximate surface area is 76.2 Å². The molecule has 1 nitrogen and oxygen atoms in total. The second-order valence-electron chi connectivity index (χ2n) is 5.63. The van der Waals surface area contributed by atoms with E-state index in [1.54, 1.807) is 0 Å². The highest BCUT2D eigenvalue weighted by molar-refractivity contribution is 6.78. The third kappa shape index (κ3) is 1.25. The maximum Gasteiger partial charge on any atom is 0.0571 e. The van der Waals surface area contributed by atoms with Gasteiger partial charge in [0.05, 0.1) is 6.10 Å². The lowest BCUT2D eigenvalue weighted by Crippen LogP contribution is -2.23. The number of hydrogen-bond donors (Lipinski definition) is 1. The average Bonchev–Trinajstić information content (AvgIpc) is 2.60. The molecule has 0 saturated heterocycles. The minimum atomic E-state index is -0.953. The molecule has 12 heavy (non-hydrogen) atoms. The van der Waals surface area contributed by atoms with Crippen molar-refractivity contribution in [1.82, 2.24) is 0 Å². The lowest BCUT2D eigenvalue weighted by atomic mass is 9.98. The summed E-state index contributed by atoms with van der Waals surface area (Å²) in [5.74, 6) is 1.63. The van der Waals surface area contributed by atoms with Crippen molar-refractivity contribution in [2.24, 2.45) is 11.8 Å². The third-order valence-corrected chi connectivity index (χ3v) is 6.52. The smallest absolute Gasteiger partial charge is 0.0571 e. The van der Waals surface area contributed by atoms with Crippen LogP contribution in [0.4, 0.5) is 0 Å². The summed E-state index contributed by atoms with van der Waals surface area (Å²) in [6.45, 7) is 7.34. The van der Waals surface area contributed by atoms with Crippen LogP contribution < -0.4 is 0 Å². The van der Waals surface area contributed by atoms with Crippen molar-refractivity contribution in [1.29, 1.82) is 0 Å². The molecule has 1 N–H and O–H groups in total. The SMILES string of the molecule is C[Si](C)(C)C1[C@@H]2[C@H](O)CCC[C@H]12. The van der Waals surface area contributed by atoms with Crippen molar-refractivity contribution in [2.75, 3.05) is 0 Å². The highest BCUT2D eigenvalue weighted by Crippen LogP contribution is 2.64. The summed E-state index contributed by atoms with van der Waals surface area (Å²) in [5.41, 5.74) is 0.940. The Morgan fingerprint density at radius 3 is 2.33 bits per heavy atom. The van der Waals surface area contributed by atoms with Crippen LogP contribution in [0.3, 0.4) is 0 Å². The predicted molar refractivity (Wildman–Crippen MR) is 53.9 cm³/mol. The van der Waals surface area contributed by atoms with E-state index in [-0.39, 0.29) is 6.10 Å². The van der Waals surface area contributed by atoms with E-state index in [4.69, 9.17) is 0 Å². The molecule has 0 radical (unpaired) electrons. The van der Waals surface area contributed by atoms with Gasteiger partial charge in [-0.05, 0) is 30.2 Å². The minimum Gasteiger partial charge on any atom is -0.393 e. The van der Waals surface area contributed by atoms with Crippen LogP contribution in [0.1, 0.15) is 19.3 Å². The van der Waals surface area contributed by atoms with Gasteiger partial charge in [-0.1, -0.05) is 26.1 Å². The first-order chi connectivity index (χ1) is 5.52. The van der Waals surface area contributed by atoms with E-state index in [9.17, 15) is 5.11 Å². The zero-order chi connectivity index (χ0) is 8.93. The number of aliphatic hydroxyl groups is 1. The van der Waals surface area contributed by atoms with Crippen LogP contribution in [0.25, 0.3) is 0 Å². The highest BCUT2D eigenvalue weighted by Gasteiger charge is 2.59. The molecule has 0 amide bonds.